The highest BCUT2D eigenvalue weighted by molar-refractivity contribution is 5.88. The molecule has 18 heavy (non-hydrogen) atoms. The topological polar surface area (TPSA) is 122 Å². The van der Waals surface area contributed by atoms with Gasteiger partial charge in [0.25, 0.3) is 0 Å². The predicted molar refractivity (Wildman–Crippen MR) is 63.6 cm³/mol. The minimum absolute atomic E-state index is 0.0627. The summed E-state index contributed by atoms with van der Waals surface area (Å²) in [7, 11) is 0. The molecule has 1 rings (SSSR count). The van der Waals surface area contributed by atoms with Crippen LogP contribution in [0.5, 0.6) is 0 Å². The molecule has 0 aromatic carbocycles. The van der Waals surface area contributed by atoms with Gasteiger partial charge in [-0.05, 0) is 12.8 Å². The SMILES string of the molecule is NC(=O)C[C@H](NC(=O)CNC1CCCC1)C(=O)O. The highest BCUT2D eigenvalue weighted by Crippen LogP contribution is 2.17. The maximum Gasteiger partial charge on any atom is 0.326 e. The van der Waals surface area contributed by atoms with Gasteiger partial charge in [-0.2, -0.15) is 0 Å². The van der Waals surface area contributed by atoms with Gasteiger partial charge in [-0.25, -0.2) is 4.79 Å². The molecule has 1 aliphatic rings. The van der Waals surface area contributed by atoms with Gasteiger partial charge in [0.05, 0.1) is 13.0 Å². The van der Waals surface area contributed by atoms with Crippen molar-refractivity contribution >= 4 is 17.8 Å². The van der Waals surface area contributed by atoms with Gasteiger partial charge >= 0.3 is 5.97 Å². The Morgan fingerprint density at radius 2 is 1.89 bits per heavy atom. The Balaban J connectivity index is 2.31. The second-order valence-electron chi connectivity index (χ2n) is 4.49. The number of nitrogens with two attached hydrogens (primary N) is 1. The van der Waals surface area contributed by atoms with Gasteiger partial charge in [-0.15, -0.1) is 0 Å². The van der Waals surface area contributed by atoms with Crippen molar-refractivity contribution in [1.82, 2.24) is 10.6 Å². The molecule has 0 spiro atoms. The molecule has 0 aromatic rings. The summed E-state index contributed by atoms with van der Waals surface area (Å²) in [5.74, 6) is -2.45. The van der Waals surface area contributed by atoms with Crippen LogP contribution in [-0.2, 0) is 14.4 Å². The zero-order valence-corrected chi connectivity index (χ0v) is 10.1. The third-order valence-corrected chi connectivity index (χ3v) is 2.95. The van der Waals surface area contributed by atoms with Gasteiger partial charge in [-0.3, -0.25) is 9.59 Å². The van der Waals surface area contributed by atoms with E-state index in [-0.39, 0.29) is 6.54 Å². The maximum atomic E-state index is 11.5. The molecule has 0 radical (unpaired) electrons. The molecule has 0 aliphatic heterocycles. The number of carbonyl (C=O) groups excluding carboxylic acids is 2. The fraction of sp³-hybridized carbons (Fsp3) is 0.727. The van der Waals surface area contributed by atoms with Crippen LogP contribution in [0.3, 0.4) is 0 Å². The van der Waals surface area contributed by atoms with Crippen molar-refractivity contribution in [2.45, 2.75) is 44.2 Å². The Labute approximate surface area is 105 Å². The van der Waals surface area contributed by atoms with Crippen LogP contribution < -0.4 is 16.4 Å². The minimum Gasteiger partial charge on any atom is -0.480 e. The van der Waals surface area contributed by atoms with Crippen molar-refractivity contribution in [3.8, 4) is 0 Å². The average Bonchev–Trinajstić information content (AvgIpc) is 2.77. The van der Waals surface area contributed by atoms with Gasteiger partial charge in [0.1, 0.15) is 6.04 Å². The first-order valence-electron chi connectivity index (χ1n) is 6.03. The van der Waals surface area contributed by atoms with E-state index in [0.29, 0.717) is 6.04 Å². The van der Waals surface area contributed by atoms with Gasteiger partial charge in [0.15, 0.2) is 0 Å². The van der Waals surface area contributed by atoms with E-state index in [1.165, 1.54) is 0 Å². The summed E-state index contributed by atoms with van der Waals surface area (Å²) in [6, 6.07) is -0.921. The summed E-state index contributed by atoms with van der Waals surface area (Å²) in [5, 5.41) is 14.1. The maximum absolute atomic E-state index is 11.5. The van der Waals surface area contributed by atoms with Gasteiger partial charge in [0, 0.05) is 6.04 Å². The lowest BCUT2D eigenvalue weighted by Crippen LogP contribution is -2.47. The summed E-state index contributed by atoms with van der Waals surface area (Å²) in [4.78, 5) is 32.9. The number of rotatable bonds is 7. The first-order valence-corrected chi connectivity index (χ1v) is 6.03. The molecule has 102 valence electrons. The highest BCUT2D eigenvalue weighted by Gasteiger charge is 2.22. The van der Waals surface area contributed by atoms with Crippen LogP contribution in [0, 0.1) is 0 Å². The van der Waals surface area contributed by atoms with Gasteiger partial charge in [0.2, 0.25) is 11.8 Å². The molecular formula is C11H19N3O4. The first-order chi connectivity index (χ1) is 8.49. The molecule has 0 bridgehead atoms. The van der Waals surface area contributed by atoms with E-state index in [4.69, 9.17) is 10.8 Å². The van der Waals surface area contributed by atoms with Crippen LogP contribution >= 0.6 is 0 Å². The Morgan fingerprint density at radius 1 is 1.28 bits per heavy atom. The zero-order chi connectivity index (χ0) is 13.5. The lowest BCUT2D eigenvalue weighted by molar-refractivity contribution is -0.143. The van der Waals surface area contributed by atoms with E-state index in [9.17, 15) is 14.4 Å². The molecule has 2 amide bonds. The number of hydrogen-bond donors (Lipinski definition) is 4. The normalized spacial score (nSPS) is 17.3. The number of nitrogens with one attached hydrogen (secondary N) is 2. The van der Waals surface area contributed by atoms with Crippen LogP contribution in [0.2, 0.25) is 0 Å². The molecule has 7 heteroatoms. The third-order valence-electron chi connectivity index (χ3n) is 2.95. The fourth-order valence-corrected chi connectivity index (χ4v) is 2.01. The van der Waals surface area contributed by atoms with Crippen molar-refractivity contribution in [2.24, 2.45) is 5.73 Å². The Kier molecular flexibility index (Phi) is 5.57. The molecule has 0 heterocycles. The fourth-order valence-electron chi connectivity index (χ4n) is 2.01. The van der Waals surface area contributed by atoms with E-state index in [2.05, 4.69) is 10.6 Å². The monoisotopic (exact) mass is 257 g/mol. The first kappa shape index (κ1) is 14.4. The van der Waals surface area contributed by atoms with Crippen molar-refractivity contribution in [3.05, 3.63) is 0 Å². The number of carboxylic acids is 1. The molecule has 0 saturated heterocycles. The summed E-state index contributed by atoms with van der Waals surface area (Å²) in [6.07, 6.45) is 3.98. The third kappa shape index (κ3) is 5.13. The molecule has 5 N–H and O–H groups in total. The number of aliphatic carboxylic acids is 1. The van der Waals surface area contributed by atoms with Crippen molar-refractivity contribution < 1.29 is 19.5 Å². The number of amides is 2. The highest BCUT2D eigenvalue weighted by atomic mass is 16.4. The Morgan fingerprint density at radius 3 is 2.39 bits per heavy atom. The van der Waals surface area contributed by atoms with Crippen molar-refractivity contribution in [1.29, 1.82) is 0 Å². The molecule has 1 saturated carbocycles. The van der Waals surface area contributed by atoms with Gasteiger partial charge in [-0.1, -0.05) is 12.8 Å². The quantitative estimate of drug-likeness (QED) is 0.464. The van der Waals surface area contributed by atoms with E-state index < -0.39 is 30.2 Å². The second-order valence-corrected chi connectivity index (χ2v) is 4.49. The van der Waals surface area contributed by atoms with Crippen LogP contribution in [0.25, 0.3) is 0 Å². The van der Waals surface area contributed by atoms with E-state index in [0.717, 1.165) is 25.7 Å². The van der Waals surface area contributed by atoms with Crippen molar-refractivity contribution in [2.75, 3.05) is 6.54 Å². The lowest BCUT2D eigenvalue weighted by atomic mass is 10.2. The minimum atomic E-state index is -1.26. The van der Waals surface area contributed by atoms with Gasteiger partial charge < -0.3 is 21.5 Å². The molecule has 7 nitrogen and oxygen atoms in total. The van der Waals surface area contributed by atoms with Crippen molar-refractivity contribution in [3.63, 3.8) is 0 Å². The molecule has 0 aromatic heterocycles. The zero-order valence-electron chi connectivity index (χ0n) is 10.1. The smallest absolute Gasteiger partial charge is 0.326 e. The Hall–Kier alpha value is -1.63. The van der Waals surface area contributed by atoms with E-state index >= 15 is 0 Å². The van der Waals surface area contributed by atoms with Crippen LogP contribution in [-0.4, -0.2) is 41.5 Å². The standard InChI is InChI=1S/C11H19N3O4/c12-9(15)5-8(11(17)18)14-10(16)6-13-7-3-1-2-4-7/h7-8,13H,1-6H2,(H2,12,15)(H,14,16)(H,17,18)/t8-/m0/s1. The summed E-state index contributed by atoms with van der Waals surface area (Å²) in [6.45, 7) is 0.0627. The van der Waals surface area contributed by atoms with Crippen LogP contribution in [0.1, 0.15) is 32.1 Å². The predicted octanol–water partition coefficient (Wildman–Crippen LogP) is -1.04. The summed E-state index contributed by atoms with van der Waals surface area (Å²) in [5.41, 5.74) is 4.91. The number of carbonyl (C=O) groups is 3. The average molecular weight is 257 g/mol. The molecular weight excluding hydrogens is 238 g/mol. The largest absolute Gasteiger partial charge is 0.480 e. The van der Waals surface area contributed by atoms with Crippen LogP contribution in [0.4, 0.5) is 0 Å². The van der Waals surface area contributed by atoms with E-state index in [1.807, 2.05) is 0 Å². The van der Waals surface area contributed by atoms with Crippen LogP contribution in [0.15, 0.2) is 0 Å². The van der Waals surface area contributed by atoms with E-state index in [1.54, 1.807) is 0 Å². The summed E-state index contributed by atoms with van der Waals surface area (Å²) >= 11 is 0. The summed E-state index contributed by atoms with van der Waals surface area (Å²) < 4.78 is 0. The Bertz CT molecular complexity index is 326. The molecule has 1 atom stereocenters. The number of hydrogen-bond acceptors (Lipinski definition) is 4. The molecule has 0 unspecified atom stereocenters. The number of primary amides is 1. The lowest BCUT2D eigenvalue weighted by Gasteiger charge is -2.15. The molecule has 1 aliphatic carbocycles. The second kappa shape index (κ2) is 6.95. The molecule has 1 fully saturated rings. The number of carboxylic acid groups (broad SMARTS) is 1.